The molecule has 20 heavy (non-hydrogen) atoms. The maximum absolute atomic E-state index is 11.8. The van der Waals surface area contributed by atoms with E-state index in [0.717, 1.165) is 19.3 Å². The molecule has 0 saturated heterocycles. The predicted octanol–water partition coefficient (Wildman–Crippen LogP) is 1.20. The molecule has 1 rings (SSSR count). The van der Waals surface area contributed by atoms with Crippen LogP contribution in [-0.2, 0) is 9.59 Å². The number of hydrogen-bond acceptors (Lipinski definition) is 3. The van der Waals surface area contributed by atoms with Crippen molar-refractivity contribution in [3.63, 3.8) is 0 Å². The van der Waals surface area contributed by atoms with Gasteiger partial charge in [-0.3, -0.25) is 9.59 Å². The summed E-state index contributed by atoms with van der Waals surface area (Å²) in [7, 11) is 0. The van der Waals surface area contributed by atoms with Crippen LogP contribution in [-0.4, -0.2) is 30.9 Å². The maximum Gasteiger partial charge on any atom is 0.239 e. The van der Waals surface area contributed by atoms with Crippen LogP contribution >= 0.6 is 12.4 Å². The van der Waals surface area contributed by atoms with Crippen molar-refractivity contribution in [2.24, 2.45) is 16.6 Å². The Labute approximate surface area is 127 Å². The molecule has 0 heterocycles. The first-order valence-electron chi connectivity index (χ1n) is 6.90. The molecule has 0 aromatic rings. The first-order chi connectivity index (χ1) is 8.63. The fraction of sp³-hybridized carbons (Fsp3) is 0.857. The van der Waals surface area contributed by atoms with Crippen molar-refractivity contribution in [2.45, 2.75) is 53.0 Å². The van der Waals surface area contributed by atoms with Gasteiger partial charge in [-0.15, -0.1) is 12.4 Å². The average molecular weight is 306 g/mol. The lowest BCUT2D eigenvalue weighted by atomic mass is 9.63. The van der Waals surface area contributed by atoms with E-state index in [1.807, 2.05) is 0 Å². The quantitative estimate of drug-likeness (QED) is 0.730. The van der Waals surface area contributed by atoms with Crippen LogP contribution in [0.4, 0.5) is 0 Å². The minimum atomic E-state index is -0.306. The SMILES string of the molecule is CC1(C)CC(NC(=O)CNC(=O)CN)CC(C)(C)C1.Cl. The summed E-state index contributed by atoms with van der Waals surface area (Å²) in [6, 6.07) is 0.182. The largest absolute Gasteiger partial charge is 0.352 e. The second-order valence-corrected chi connectivity index (χ2v) is 7.16. The van der Waals surface area contributed by atoms with Crippen molar-refractivity contribution in [1.82, 2.24) is 10.6 Å². The van der Waals surface area contributed by atoms with E-state index in [9.17, 15) is 9.59 Å². The van der Waals surface area contributed by atoms with Gasteiger partial charge in [0.05, 0.1) is 13.1 Å². The van der Waals surface area contributed by atoms with Crippen molar-refractivity contribution in [3.05, 3.63) is 0 Å². The second kappa shape index (κ2) is 7.27. The zero-order valence-corrected chi connectivity index (χ0v) is 13.7. The van der Waals surface area contributed by atoms with Crippen LogP contribution in [0.25, 0.3) is 0 Å². The highest BCUT2D eigenvalue weighted by molar-refractivity contribution is 5.85. The molecule has 1 saturated carbocycles. The molecule has 4 N–H and O–H groups in total. The predicted molar refractivity (Wildman–Crippen MR) is 82.7 cm³/mol. The van der Waals surface area contributed by atoms with Gasteiger partial charge in [0.25, 0.3) is 0 Å². The summed E-state index contributed by atoms with van der Waals surface area (Å²) in [6.07, 6.45) is 3.12. The molecule has 1 aliphatic carbocycles. The molecule has 0 spiro atoms. The van der Waals surface area contributed by atoms with E-state index >= 15 is 0 Å². The van der Waals surface area contributed by atoms with Crippen molar-refractivity contribution in [1.29, 1.82) is 0 Å². The minimum absolute atomic E-state index is 0. The third kappa shape index (κ3) is 6.57. The number of nitrogens with two attached hydrogens (primary N) is 1. The Morgan fingerprint density at radius 2 is 1.60 bits per heavy atom. The second-order valence-electron chi connectivity index (χ2n) is 7.16. The Hall–Kier alpha value is -0.810. The van der Waals surface area contributed by atoms with Crippen molar-refractivity contribution >= 4 is 24.2 Å². The van der Waals surface area contributed by atoms with E-state index in [1.165, 1.54) is 0 Å². The summed E-state index contributed by atoms with van der Waals surface area (Å²) in [5.74, 6) is -0.445. The van der Waals surface area contributed by atoms with Gasteiger partial charge in [-0.1, -0.05) is 27.7 Å². The normalized spacial score (nSPS) is 20.6. The lowest BCUT2D eigenvalue weighted by Gasteiger charge is -2.45. The van der Waals surface area contributed by atoms with Crippen LogP contribution < -0.4 is 16.4 Å². The first-order valence-corrected chi connectivity index (χ1v) is 6.90. The number of carbonyl (C=O) groups excluding carboxylic acids is 2. The van der Waals surface area contributed by atoms with Crippen molar-refractivity contribution in [3.8, 4) is 0 Å². The summed E-state index contributed by atoms with van der Waals surface area (Å²) in [5, 5.41) is 5.50. The zero-order chi connectivity index (χ0) is 14.7. The molecular formula is C14H28ClN3O2. The summed E-state index contributed by atoms with van der Waals surface area (Å²) >= 11 is 0. The van der Waals surface area contributed by atoms with E-state index in [-0.39, 0.29) is 54.2 Å². The fourth-order valence-electron chi connectivity index (χ4n) is 3.48. The van der Waals surface area contributed by atoms with Gasteiger partial charge in [0, 0.05) is 6.04 Å². The van der Waals surface area contributed by atoms with E-state index in [0.29, 0.717) is 0 Å². The molecule has 0 atom stereocenters. The summed E-state index contributed by atoms with van der Waals surface area (Å²) < 4.78 is 0. The highest BCUT2D eigenvalue weighted by Crippen LogP contribution is 2.45. The van der Waals surface area contributed by atoms with E-state index in [2.05, 4.69) is 38.3 Å². The number of amides is 2. The summed E-state index contributed by atoms with van der Waals surface area (Å²) in [6.45, 7) is 8.88. The Morgan fingerprint density at radius 3 is 2.05 bits per heavy atom. The molecule has 1 fully saturated rings. The standard InChI is InChI=1S/C14H27N3O2.ClH/c1-13(2)5-10(6-14(3,4)9-13)17-12(19)8-16-11(18)7-15;/h10H,5-9,15H2,1-4H3,(H,16,18)(H,17,19);1H. The summed E-state index contributed by atoms with van der Waals surface area (Å²) in [4.78, 5) is 22.8. The van der Waals surface area contributed by atoms with Crippen LogP contribution in [0.15, 0.2) is 0 Å². The van der Waals surface area contributed by atoms with Gasteiger partial charge in [-0.25, -0.2) is 0 Å². The number of halogens is 1. The van der Waals surface area contributed by atoms with Crippen LogP contribution in [0.3, 0.4) is 0 Å². The van der Waals surface area contributed by atoms with Gasteiger partial charge in [-0.2, -0.15) is 0 Å². The van der Waals surface area contributed by atoms with Gasteiger partial charge in [0.2, 0.25) is 11.8 Å². The van der Waals surface area contributed by atoms with Gasteiger partial charge in [-0.05, 0) is 30.1 Å². The number of nitrogens with one attached hydrogen (secondary N) is 2. The molecule has 1 aliphatic rings. The molecule has 0 aliphatic heterocycles. The molecule has 0 unspecified atom stereocenters. The van der Waals surface area contributed by atoms with Gasteiger partial charge < -0.3 is 16.4 Å². The molecule has 2 amide bonds. The lowest BCUT2D eigenvalue weighted by molar-refractivity contribution is -0.126. The monoisotopic (exact) mass is 305 g/mol. The molecule has 0 bridgehead atoms. The van der Waals surface area contributed by atoms with Crippen LogP contribution in [0.1, 0.15) is 47.0 Å². The van der Waals surface area contributed by atoms with Crippen molar-refractivity contribution in [2.75, 3.05) is 13.1 Å². The topological polar surface area (TPSA) is 84.2 Å². The summed E-state index contributed by atoms with van der Waals surface area (Å²) in [5.41, 5.74) is 5.64. The number of hydrogen-bond donors (Lipinski definition) is 3. The van der Waals surface area contributed by atoms with Gasteiger partial charge in [0.1, 0.15) is 0 Å². The highest BCUT2D eigenvalue weighted by atomic mass is 35.5. The van der Waals surface area contributed by atoms with E-state index < -0.39 is 0 Å². The zero-order valence-electron chi connectivity index (χ0n) is 12.9. The van der Waals surface area contributed by atoms with E-state index in [4.69, 9.17) is 5.73 Å². The highest BCUT2D eigenvalue weighted by Gasteiger charge is 2.38. The molecule has 0 aromatic heterocycles. The molecule has 0 radical (unpaired) electrons. The van der Waals surface area contributed by atoms with Gasteiger partial charge in [0.15, 0.2) is 0 Å². The molecular weight excluding hydrogens is 278 g/mol. The number of carbonyl (C=O) groups is 2. The fourth-order valence-corrected chi connectivity index (χ4v) is 3.48. The van der Waals surface area contributed by atoms with Gasteiger partial charge >= 0.3 is 0 Å². The molecule has 0 aromatic carbocycles. The molecule has 5 nitrogen and oxygen atoms in total. The Balaban J connectivity index is 0.00000361. The van der Waals surface area contributed by atoms with Crippen LogP contribution in [0.5, 0.6) is 0 Å². The first kappa shape index (κ1) is 19.2. The average Bonchev–Trinajstić information content (AvgIpc) is 2.21. The van der Waals surface area contributed by atoms with E-state index in [1.54, 1.807) is 0 Å². The molecule has 118 valence electrons. The third-order valence-electron chi connectivity index (χ3n) is 3.55. The minimum Gasteiger partial charge on any atom is -0.352 e. The van der Waals surface area contributed by atoms with Crippen LogP contribution in [0, 0.1) is 10.8 Å². The van der Waals surface area contributed by atoms with Crippen molar-refractivity contribution < 1.29 is 9.59 Å². The Morgan fingerprint density at radius 1 is 1.10 bits per heavy atom. The smallest absolute Gasteiger partial charge is 0.239 e. The third-order valence-corrected chi connectivity index (χ3v) is 3.55. The Bertz CT molecular complexity index is 340. The lowest BCUT2D eigenvalue weighted by Crippen LogP contribution is -2.49. The Kier molecular flexibility index (Phi) is 6.98. The maximum atomic E-state index is 11.8. The van der Waals surface area contributed by atoms with Crippen LogP contribution in [0.2, 0.25) is 0 Å². The number of rotatable bonds is 4. The molecule has 6 heteroatoms.